The molecule has 1 aliphatic rings. The Morgan fingerprint density at radius 1 is 1.43 bits per heavy atom. The van der Waals surface area contributed by atoms with Gasteiger partial charge in [0.2, 0.25) is 10.0 Å². The molecule has 0 saturated carbocycles. The van der Waals surface area contributed by atoms with Gasteiger partial charge in [-0.1, -0.05) is 0 Å². The lowest BCUT2D eigenvalue weighted by Gasteiger charge is -2.20. The number of hydrogen-bond acceptors (Lipinski definition) is 4. The first kappa shape index (κ1) is 16.2. The molecule has 9 heteroatoms. The number of pyridine rings is 1. The van der Waals surface area contributed by atoms with Crippen molar-refractivity contribution in [1.29, 1.82) is 0 Å². The summed E-state index contributed by atoms with van der Waals surface area (Å²) in [5, 5.41) is 0. The largest absolute Gasteiger partial charge is 0.433 e. The van der Waals surface area contributed by atoms with E-state index < -0.39 is 21.9 Å². The van der Waals surface area contributed by atoms with Crippen molar-refractivity contribution in [3.63, 3.8) is 0 Å². The van der Waals surface area contributed by atoms with E-state index in [0.717, 1.165) is 23.0 Å². The van der Waals surface area contributed by atoms with E-state index in [9.17, 15) is 21.6 Å². The van der Waals surface area contributed by atoms with E-state index in [4.69, 9.17) is 4.74 Å². The van der Waals surface area contributed by atoms with Crippen LogP contribution in [-0.4, -0.2) is 44.5 Å². The van der Waals surface area contributed by atoms with Crippen LogP contribution in [0.15, 0.2) is 23.2 Å². The molecule has 0 spiro atoms. The molecule has 0 aromatic carbocycles. The highest BCUT2D eigenvalue weighted by molar-refractivity contribution is 7.89. The predicted molar refractivity (Wildman–Crippen MR) is 68.0 cm³/mol. The maximum Gasteiger partial charge on any atom is 0.433 e. The van der Waals surface area contributed by atoms with E-state index in [2.05, 4.69) is 4.98 Å². The second-order valence-corrected chi connectivity index (χ2v) is 6.94. The van der Waals surface area contributed by atoms with E-state index in [1.807, 2.05) is 0 Å². The minimum absolute atomic E-state index is 0.104. The zero-order chi connectivity index (χ0) is 15.7. The Labute approximate surface area is 120 Å². The Morgan fingerprint density at radius 2 is 2.14 bits per heavy atom. The molecule has 5 nitrogen and oxygen atoms in total. The molecule has 0 aliphatic carbocycles. The van der Waals surface area contributed by atoms with Crippen molar-refractivity contribution >= 4 is 10.0 Å². The number of hydrogen-bond donors (Lipinski definition) is 0. The molecule has 0 N–H and O–H groups in total. The number of ether oxygens (including phenoxy) is 1. The molecule has 1 saturated heterocycles. The van der Waals surface area contributed by atoms with E-state index >= 15 is 0 Å². The minimum atomic E-state index is -4.59. The maximum absolute atomic E-state index is 12.4. The number of sulfonamides is 1. The molecule has 1 atom stereocenters. The van der Waals surface area contributed by atoms with Crippen molar-refractivity contribution in [2.45, 2.75) is 17.5 Å². The molecule has 0 radical (unpaired) electrons. The topological polar surface area (TPSA) is 59.5 Å². The third-order valence-corrected chi connectivity index (χ3v) is 5.08. The van der Waals surface area contributed by atoms with Gasteiger partial charge >= 0.3 is 6.18 Å². The lowest BCUT2D eigenvalue weighted by atomic mass is 10.1. The average molecular weight is 324 g/mol. The summed E-state index contributed by atoms with van der Waals surface area (Å²) in [7, 11) is -2.45. The first-order valence-electron chi connectivity index (χ1n) is 6.28. The lowest BCUT2D eigenvalue weighted by molar-refractivity contribution is -0.141. The van der Waals surface area contributed by atoms with Crippen molar-refractivity contribution in [3.05, 3.63) is 24.0 Å². The fourth-order valence-electron chi connectivity index (χ4n) is 2.07. The van der Waals surface area contributed by atoms with Gasteiger partial charge in [0.25, 0.3) is 0 Å². The molecular weight excluding hydrogens is 309 g/mol. The smallest absolute Gasteiger partial charge is 0.381 e. The summed E-state index contributed by atoms with van der Waals surface area (Å²) in [5.74, 6) is 0.104. The third kappa shape index (κ3) is 3.72. The molecular formula is C12H15F3N2O3S. The van der Waals surface area contributed by atoms with Crippen LogP contribution in [0.4, 0.5) is 13.2 Å². The molecule has 2 heterocycles. The Bertz CT molecular complexity index is 581. The fraction of sp³-hybridized carbons (Fsp3) is 0.583. The van der Waals surface area contributed by atoms with Gasteiger partial charge in [-0.2, -0.15) is 13.2 Å². The molecule has 1 aromatic heterocycles. The van der Waals surface area contributed by atoms with Crippen LogP contribution >= 0.6 is 0 Å². The number of nitrogens with zero attached hydrogens (tertiary/aromatic N) is 2. The first-order valence-corrected chi connectivity index (χ1v) is 7.72. The molecule has 118 valence electrons. The van der Waals surface area contributed by atoms with Crippen LogP contribution in [0, 0.1) is 5.92 Å². The Kier molecular flexibility index (Phi) is 4.54. The van der Waals surface area contributed by atoms with Crippen molar-refractivity contribution < 1.29 is 26.3 Å². The number of halogens is 3. The molecule has 1 fully saturated rings. The van der Waals surface area contributed by atoms with Crippen LogP contribution in [0.2, 0.25) is 0 Å². The molecule has 2 rings (SSSR count). The van der Waals surface area contributed by atoms with Gasteiger partial charge in [-0.15, -0.1) is 0 Å². The van der Waals surface area contributed by atoms with Gasteiger partial charge < -0.3 is 4.74 Å². The van der Waals surface area contributed by atoms with Gasteiger partial charge in [0.1, 0.15) is 10.6 Å². The van der Waals surface area contributed by atoms with E-state index in [0.29, 0.717) is 19.3 Å². The highest BCUT2D eigenvalue weighted by Crippen LogP contribution is 2.28. The Hall–Kier alpha value is -1.19. The first-order chi connectivity index (χ1) is 9.71. The highest BCUT2D eigenvalue weighted by Gasteiger charge is 2.33. The van der Waals surface area contributed by atoms with Crippen molar-refractivity contribution in [2.75, 3.05) is 26.8 Å². The summed E-state index contributed by atoms with van der Waals surface area (Å²) >= 11 is 0. The zero-order valence-corrected chi connectivity index (χ0v) is 12.1. The summed E-state index contributed by atoms with van der Waals surface area (Å²) in [6.07, 6.45) is -3.08. The molecule has 1 aromatic rings. The number of rotatable bonds is 4. The molecule has 21 heavy (non-hydrogen) atoms. The second-order valence-electron chi connectivity index (χ2n) is 4.89. The molecule has 0 amide bonds. The minimum Gasteiger partial charge on any atom is -0.381 e. The van der Waals surface area contributed by atoms with Gasteiger partial charge in [0.15, 0.2) is 0 Å². The van der Waals surface area contributed by atoms with Crippen LogP contribution in [0.1, 0.15) is 12.1 Å². The van der Waals surface area contributed by atoms with Gasteiger partial charge in [-0.3, -0.25) is 4.98 Å². The van der Waals surface area contributed by atoms with Crippen LogP contribution in [0.3, 0.4) is 0 Å². The summed E-state index contributed by atoms with van der Waals surface area (Å²) < 4.78 is 68.0. The molecule has 1 aliphatic heterocycles. The number of aromatic nitrogens is 1. The normalized spacial score (nSPS) is 20.1. The third-order valence-electron chi connectivity index (χ3n) is 3.27. The lowest BCUT2D eigenvalue weighted by Crippen LogP contribution is -2.32. The van der Waals surface area contributed by atoms with Crippen molar-refractivity contribution in [3.8, 4) is 0 Å². The highest BCUT2D eigenvalue weighted by atomic mass is 32.2. The summed E-state index contributed by atoms with van der Waals surface area (Å²) in [6, 6.07) is 1.59. The van der Waals surface area contributed by atoms with Crippen LogP contribution in [0.25, 0.3) is 0 Å². The zero-order valence-electron chi connectivity index (χ0n) is 11.3. The SMILES string of the molecule is CN(CC1CCOC1)S(=O)(=O)c1ccc(C(F)(F)F)nc1. The maximum atomic E-state index is 12.4. The summed E-state index contributed by atoms with van der Waals surface area (Å²) in [6.45, 7) is 1.36. The Morgan fingerprint density at radius 3 is 2.62 bits per heavy atom. The number of alkyl halides is 3. The van der Waals surface area contributed by atoms with Crippen LogP contribution in [-0.2, 0) is 20.9 Å². The van der Waals surface area contributed by atoms with Crippen LogP contribution < -0.4 is 0 Å². The van der Waals surface area contributed by atoms with E-state index in [1.54, 1.807) is 0 Å². The van der Waals surface area contributed by atoms with Crippen molar-refractivity contribution in [2.24, 2.45) is 5.92 Å². The summed E-state index contributed by atoms with van der Waals surface area (Å²) in [4.78, 5) is 2.92. The average Bonchev–Trinajstić information content (AvgIpc) is 2.90. The molecule has 1 unspecified atom stereocenters. The van der Waals surface area contributed by atoms with Gasteiger partial charge in [0.05, 0.1) is 6.61 Å². The predicted octanol–water partition coefficient (Wildman–Crippen LogP) is 1.76. The molecule has 0 bridgehead atoms. The van der Waals surface area contributed by atoms with Crippen LogP contribution in [0.5, 0.6) is 0 Å². The van der Waals surface area contributed by atoms with Gasteiger partial charge in [0, 0.05) is 26.4 Å². The van der Waals surface area contributed by atoms with E-state index in [-0.39, 0.29) is 17.4 Å². The quantitative estimate of drug-likeness (QED) is 0.847. The van der Waals surface area contributed by atoms with Gasteiger partial charge in [-0.05, 0) is 24.5 Å². The summed E-state index contributed by atoms with van der Waals surface area (Å²) in [5.41, 5.74) is -1.12. The van der Waals surface area contributed by atoms with Gasteiger partial charge in [-0.25, -0.2) is 12.7 Å². The second kappa shape index (κ2) is 5.90. The standard InChI is InChI=1S/C12H15F3N2O3S/c1-17(7-9-4-5-20-8-9)21(18,19)10-2-3-11(16-6-10)12(13,14)15/h2-3,6,9H,4-5,7-8H2,1H3. The monoisotopic (exact) mass is 324 g/mol. The fourth-order valence-corrected chi connectivity index (χ4v) is 3.26. The van der Waals surface area contributed by atoms with Crippen molar-refractivity contribution in [1.82, 2.24) is 9.29 Å². The Balaban J connectivity index is 2.14. The van der Waals surface area contributed by atoms with E-state index in [1.165, 1.54) is 7.05 Å².